The van der Waals surface area contributed by atoms with Crippen molar-refractivity contribution < 1.29 is 9.59 Å². The highest BCUT2D eigenvalue weighted by molar-refractivity contribution is 7.21. The fourth-order valence-corrected chi connectivity index (χ4v) is 6.12. The van der Waals surface area contributed by atoms with Crippen LogP contribution in [0.4, 0.5) is 11.4 Å². The van der Waals surface area contributed by atoms with E-state index in [1.807, 2.05) is 13.0 Å². The molecule has 0 radical (unpaired) electrons. The molecule has 1 fully saturated rings. The molecule has 2 aromatic heterocycles. The molecule has 9 heteroatoms. The zero-order valence-corrected chi connectivity index (χ0v) is 21.6. The Morgan fingerprint density at radius 3 is 2.58 bits per heavy atom. The van der Waals surface area contributed by atoms with E-state index in [4.69, 9.17) is 4.98 Å². The van der Waals surface area contributed by atoms with Gasteiger partial charge in [-0.25, -0.2) is 4.98 Å². The van der Waals surface area contributed by atoms with Gasteiger partial charge in [0.2, 0.25) is 0 Å². The van der Waals surface area contributed by atoms with Gasteiger partial charge in [0, 0.05) is 65.5 Å². The normalized spacial score (nSPS) is 18.2. The summed E-state index contributed by atoms with van der Waals surface area (Å²) < 4.78 is 1.09. The lowest BCUT2D eigenvalue weighted by Gasteiger charge is -2.35. The Balaban J connectivity index is 0.00000267. The zero-order valence-electron chi connectivity index (χ0n) is 20.0. The second-order valence-corrected chi connectivity index (χ2v) is 10.3. The van der Waals surface area contributed by atoms with Gasteiger partial charge >= 0.3 is 0 Å². The van der Waals surface area contributed by atoms with Crippen molar-refractivity contribution >= 4 is 68.3 Å². The zero-order chi connectivity index (χ0) is 23.9. The number of fused-ring (bicyclic) bond motifs is 5. The Kier molecular flexibility index (Phi) is 6.83. The molecule has 2 N–H and O–H groups in total. The largest absolute Gasteiger partial charge is 0.381 e. The Morgan fingerprint density at radius 2 is 1.83 bits per heavy atom. The number of thiophene rings is 1. The average Bonchev–Trinajstić information content (AvgIpc) is 3.21. The van der Waals surface area contributed by atoms with Crippen molar-refractivity contribution in [3.05, 3.63) is 53.4 Å². The van der Waals surface area contributed by atoms with Crippen molar-refractivity contribution in [1.82, 2.24) is 15.2 Å². The molecule has 4 heterocycles. The number of anilines is 2. The first kappa shape index (κ1) is 24.5. The molecule has 4 aromatic rings. The topological polar surface area (TPSA) is 77.6 Å². The monoisotopic (exact) mass is 521 g/mol. The molecule has 6 rings (SSSR count). The van der Waals surface area contributed by atoms with E-state index in [1.165, 1.54) is 17.0 Å². The Bertz CT molecular complexity index is 1430. The molecule has 2 aliphatic heterocycles. The lowest BCUT2D eigenvalue weighted by molar-refractivity contribution is -0.108. The standard InChI is InChI=1S/C27H27N5O2S.ClH/c1-17-16-28-25-24-20-6-7-21(30-22(20)8-9-23(24)35-26(25)27(34)29-17)18-2-4-19(5-3-18)32-12-10-31(11-13-32)14-15-33;/h2-9,15,17,28H,10-14,16H2,1H3,(H,29,34);1H/t17-;/m1./s1. The number of benzene rings is 2. The van der Waals surface area contributed by atoms with Crippen molar-refractivity contribution in [1.29, 1.82) is 0 Å². The van der Waals surface area contributed by atoms with Gasteiger partial charge in [-0.1, -0.05) is 12.1 Å². The Hall–Kier alpha value is -3.20. The highest BCUT2D eigenvalue weighted by Gasteiger charge is 2.25. The summed E-state index contributed by atoms with van der Waals surface area (Å²) in [5, 5.41) is 8.67. The molecule has 0 unspecified atom stereocenters. The van der Waals surface area contributed by atoms with Gasteiger partial charge in [0.25, 0.3) is 5.91 Å². The maximum absolute atomic E-state index is 12.7. The summed E-state index contributed by atoms with van der Waals surface area (Å²) in [5.41, 5.74) is 5.04. The maximum atomic E-state index is 12.7. The molecule has 0 saturated carbocycles. The average molecular weight is 522 g/mol. The van der Waals surface area contributed by atoms with Crippen molar-refractivity contribution in [2.45, 2.75) is 13.0 Å². The van der Waals surface area contributed by atoms with E-state index in [0.717, 1.165) is 75.3 Å². The third-order valence-corrected chi connectivity index (χ3v) is 8.08. The minimum Gasteiger partial charge on any atom is -0.381 e. The van der Waals surface area contributed by atoms with Crippen molar-refractivity contribution in [3.63, 3.8) is 0 Å². The molecular weight excluding hydrogens is 494 g/mol. The molecule has 0 bridgehead atoms. The van der Waals surface area contributed by atoms with E-state index in [2.05, 4.69) is 62.9 Å². The molecule has 36 heavy (non-hydrogen) atoms. The lowest BCUT2D eigenvalue weighted by atomic mass is 10.1. The van der Waals surface area contributed by atoms with Crippen LogP contribution in [0.2, 0.25) is 0 Å². The number of aldehydes is 1. The molecule has 2 aromatic carbocycles. The third-order valence-electron chi connectivity index (χ3n) is 6.92. The number of amides is 1. The van der Waals surface area contributed by atoms with E-state index >= 15 is 0 Å². The molecule has 0 spiro atoms. The molecular formula is C27H28ClN5O2S. The van der Waals surface area contributed by atoms with Crippen molar-refractivity contribution in [2.75, 3.05) is 49.5 Å². The van der Waals surface area contributed by atoms with E-state index in [1.54, 1.807) is 0 Å². The first-order valence-electron chi connectivity index (χ1n) is 12.0. The molecule has 1 atom stereocenters. The van der Waals surface area contributed by atoms with E-state index < -0.39 is 0 Å². The molecule has 1 saturated heterocycles. The van der Waals surface area contributed by atoms with Crippen LogP contribution in [-0.4, -0.2) is 67.4 Å². The predicted molar refractivity (Wildman–Crippen MR) is 150 cm³/mol. The molecule has 186 valence electrons. The number of nitrogens with zero attached hydrogens (tertiary/aromatic N) is 3. The van der Waals surface area contributed by atoms with Crippen LogP contribution in [0.1, 0.15) is 16.6 Å². The second-order valence-electron chi connectivity index (χ2n) is 9.26. The Labute approximate surface area is 219 Å². The van der Waals surface area contributed by atoms with Gasteiger partial charge < -0.3 is 20.3 Å². The van der Waals surface area contributed by atoms with Crippen LogP contribution in [0.5, 0.6) is 0 Å². The lowest BCUT2D eigenvalue weighted by Crippen LogP contribution is -2.46. The van der Waals surface area contributed by atoms with Crippen LogP contribution in [0, 0.1) is 0 Å². The van der Waals surface area contributed by atoms with Crippen LogP contribution in [0.15, 0.2) is 48.5 Å². The number of piperazine rings is 1. The molecule has 7 nitrogen and oxygen atoms in total. The number of hydrogen-bond donors (Lipinski definition) is 2. The summed E-state index contributed by atoms with van der Waals surface area (Å²) in [6.45, 7) is 6.88. The highest BCUT2D eigenvalue weighted by atomic mass is 35.5. The number of pyridine rings is 1. The van der Waals surface area contributed by atoms with Crippen LogP contribution in [-0.2, 0) is 4.79 Å². The van der Waals surface area contributed by atoms with Gasteiger partial charge in [-0.15, -0.1) is 23.7 Å². The number of hydrogen-bond acceptors (Lipinski definition) is 7. The van der Waals surface area contributed by atoms with E-state index in [-0.39, 0.29) is 24.4 Å². The number of aromatic nitrogens is 1. The number of carbonyl (C=O) groups excluding carboxylic acids is 2. The number of carbonyl (C=O) groups is 2. The van der Waals surface area contributed by atoms with Gasteiger partial charge in [-0.05, 0) is 43.3 Å². The van der Waals surface area contributed by atoms with Gasteiger partial charge in [0.1, 0.15) is 11.2 Å². The smallest absolute Gasteiger partial charge is 0.263 e. The fourth-order valence-electron chi connectivity index (χ4n) is 5.02. The maximum Gasteiger partial charge on any atom is 0.263 e. The van der Waals surface area contributed by atoms with Crippen LogP contribution < -0.4 is 15.5 Å². The highest BCUT2D eigenvalue weighted by Crippen LogP contribution is 2.41. The quantitative estimate of drug-likeness (QED) is 0.388. The van der Waals surface area contributed by atoms with E-state index in [0.29, 0.717) is 13.1 Å². The van der Waals surface area contributed by atoms with Gasteiger partial charge in [-0.2, -0.15) is 0 Å². The summed E-state index contributed by atoms with van der Waals surface area (Å²) >= 11 is 1.53. The Morgan fingerprint density at radius 1 is 1.06 bits per heavy atom. The van der Waals surface area contributed by atoms with Crippen LogP contribution in [0.3, 0.4) is 0 Å². The van der Waals surface area contributed by atoms with E-state index in [9.17, 15) is 9.59 Å². The first-order chi connectivity index (χ1) is 17.1. The summed E-state index contributed by atoms with van der Waals surface area (Å²) in [5.74, 6) is -0.0123. The minimum absolute atomic E-state index is 0. The first-order valence-corrected chi connectivity index (χ1v) is 12.8. The SMILES string of the molecule is C[C@@H]1CNc2c(sc3ccc4nc(-c5ccc(N6CCN(CC=O)CC6)cc5)ccc4c23)C(=O)N1.Cl. The van der Waals surface area contributed by atoms with Crippen molar-refractivity contribution in [3.8, 4) is 11.3 Å². The molecule has 0 aliphatic carbocycles. The number of nitrogens with one attached hydrogen (secondary N) is 2. The van der Waals surface area contributed by atoms with Gasteiger partial charge in [0.15, 0.2) is 0 Å². The van der Waals surface area contributed by atoms with Crippen molar-refractivity contribution in [2.24, 2.45) is 0 Å². The van der Waals surface area contributed by atoms with Crippen LogP contribution >= 0.6 is 23.7 Å². The van der Waals surface area contributed by atoms with Crippen LogP contribution in [0.25, 0.3) is 32.2 Å². The second kappa shape index (κ2) is 10.0. The fraction of sp³-hybridized carbons (Fsp3) is 0.296. The predicted octanol–water partition coefficient (Wildman–Crippen LogP) is 4.40. The number of halogens is 1. The molecule has 2 aliphatic rings. The molecule has 1 amide bonds. The summed E-state index contributed by atoms with van der Waals surface area (Å²) in [6, 6.07) is 17.0. The number of rotatable bonds is 4. The summed E-state index contributed by atoms with van der Waals surface area (Å²) in [4.78, 5) is 33.7. The van der Waals surface area contributed by atoms with Gasteiger partial charge in [0.05, 0.1) is 23.4 Å². The third kappa shape index (κ3) is 4.40. The minimum atomic E-state index is -0.0123. The van der Waals surface area contributed by atoms with Gasteiger partial charge in [-0.3, -0.25) is 9.69 Å². The summed E-state index contributed by atoms with van der Waals surface area (Å²) in [7, 11) is 0. The summed E-state index contributed by atoms with van der Waals surface area (Å²) in [6.07, 6.45) is 0.980.